The van der Waals surface area contributed by atoms with Crippen LogP contribution in [0, 0.1) is 0 Å². The highest BCUT2D eigenvalue weighted by molar-refractivity contribution is 5.25. The quantitative estimate of drug-likeness (QED) is 0.158. The average Bonchev–Trinajstić information content (AvgIpc) is 2.98. The first-order valence-electron chi connectivity index (χ1n) is 14.0. The van der Waals surface area contributed by atoms with Crippen molar-refractivity contribution in [2.45, 2.75) is 39.1 Å². The lowest BCUT2D eigenvalue weighted by molar-refractivity contribution is 0.246. The van der Waals surface area contributed by atoms with Crippen molar-refractivity contribution in [2.24, 2.45) is 0 Å². The van der Waals surface area contributed by atoms with Gasteiger partial charge in [0, 0.05) is 39.3 Å². The van der Waals surface area contributed by atoms with Crippen LogP contribution in [0.1, 0.15) is 33.4 Å². The summed E-state index contributed by atoms with van der Waals surface area (Å²) < 4.78 is 0. The first-order valence-corrected chi connectivity index (χ1v) is 14.0. The van der Waals surface area contributed by atoms with Crippen LogP contribution in [0.2, 0.25) is 0 Å². The zero-order chi connectivity index (χ0) is 26.5. The predicted molar refractivity (Wildman–Crippen MR) is 163 cm³/mol. The summed E-state index contributed by atoms with van der Waals surface area (Å²) in [5.41, 5.74) is 8.18. The summed E-state index contributed by atoms with van der Waals surface area (Å²) >= 11 is 0. The predicted octanol–water partition coefficient (Wildman–Crippen LogP) is 8.13. The molecule has 0 saturated heterocycles. The number of nitrogens with zero attached hydrogens (tertiary/aromatic N) is 2. The van der Waals surface area contributed by atoms with E-state index in [9.17, 15) is 0 Å². The van der Waals surface area contributed by atoms with E-state index in [1.807, 2.05) is 0 Å². The lowest BCUT2D eigenvalue weighted by Gasteiger charge is -2.25. The molecule has 0 aliphatic carbocycles. The molecule has 5 aromatic rings. The van der Waals surface area contributed by atoms with Crippen LogP contribution in [-0.2, 0) is 39.1 Å². The van der Waals surface area contributed by atoms with Crippen molar-refractivity contribution in [3.05, 3.63) is 179 Å². The highest BCUT2D eigenvalue weighted by atomic mass is 15.1. The van der Waals surface area contributed by atoms with Gasteiger partial charge in [0.1, 0.15) is 0 Å². The van der Waals surface area contributed by atoms with Crippen LogP contribution >= 0.6 is 0 Å². The molecule has 0 atom stereocenters. The molecular formula is C37H38N2. The van der Waals surface area contributed by atoms with Crippen molar-refractivity contribution in [1.29, 1.82) is 0 Å². The van der Waals surface area contributed by atoms with Crippen molar-refractivity contribution in [1.82, 2.24) is 9.80 Å². The summed E-state index contributed by atoms with van der Waals surface area (Å²) in [5.74, 6) is 0. The van der Waals surface area contributed by atoms with E-state index in [0.717, 1.165) is 45.7 Å². The maximum Gasteiger partial charge on any atom is 0.0240 e. The molecule has 39 heavy (non-hydrogen) atoms. The lowest BCUT2D eigenvalue weighted by Crippen LogP contribution is -2.26. The summed E-state index contributed by atoms with van der Waals surface area (Å²) in [5, 5.41) is 0. The third kappa shape index (κ3) is 8.78. The lowest BCUT2D eigenvalue weighted by atomic mass is 10.1. The molecule has 0 unspecified atom stereocenters. The van der Waals surface area contributed by atoms with Crippen LogP contribution in [-0.4, -0.2) is 16.3 Å². The van der Waals surface area contributed by atoms with Gasteiger partial charge in [0.15, 0.2) is 0 Å². The monoisotopic (exact) mass is 510 g/mol. The number of hydrogen-bond donors (Lipinski definition) is 0. The third-order valence-electron chi connectivity index (χ3n) is 7.11. The SMILES string of the molecule is c1ccc(CCN(Cc2ccccc2)Cc2cccc(CN(Cc3ccccc3)Cc3ccccc3)c2)cc1. The van der Waals surface area contributed by atoms with Crippen LogP contribution in [0.15, 0.2) is 146 Å². The fourth-order valence-corrected chi connectivity index (χ4v) is 5.18. The highest BCUT2D eigenvalue weighted by Gasteiger charge is 2.11. The second-order valence-electron chi connectivity index (χ2n) is 10.4. The molecule has 0 radical (unpaired) electrons. The molecule has 0 aromatic heterocycles. The van der Waals surface area contributed by atoms with Crippen molar-refractivity contribution in [3.63, 3.8) is 0 Å². The second-order valence-corrected chi connectivity index (χ2v) is 10.4. The minimum atomic E-state index is 0.917. The van der Waals surface area contributed by atoms with E-state index in [1.54, 1.807) is 0 Å². The molecule has 0 fully saturated rings. The van der Waals surface area contributed by atoms with Crippen molar-refractivity contribution in [2.75, 3.05) is 6.54 Å². The first kappa shape index (κ1) is 26.6. The molecule has 0 aliphatic rings. The van der Waals surface area contributed by atoms with Gasteiger partial charge in [0.2, 0.25) is 0 Å². The molecule has 0 bridgehead atoms. The van der Waals surface area contributed by atoms with Gasteiger partial charge in [-0.15, -0.1) is 0 Å². The van der Waals surface area contributed by atoms with E-state index in [1.165, 1.54) is 33.4 Å². The fourth-order valence-electron chi connectivity index (χ4n) is 5.18. The Labute approximate surface area is 234 Å². The maximum absolute atomic E-state index is 2.58. The van der Waals surface area contributed by atoms with Gasteiger partial charge in [-0.05, 0) is 39.8 Å². The van der Waals surface area contributed by atoms with Crippen molar-refractivity contribution >= 4 is 0 Å². The Hall–Kier alpha value is -3.98. The third-order valence-corrected chi connectivity index (χ3v) is 7.11. The largest absolute Gasteiger partial charge is 0.295 e. The molecular weight excluding hydrogens is 472 g/mol. The number of rotatable bonds is 13. The Kier molecular flexibility index (Phi) is 9.73. The normalized spacial score (nSPS) is 11.2. The summed E-state index contributed by atoms with van der Waals surface area (Å²) in [6.07, 6.45) is 1.05. The van der Waals surface area contributed by atoms with E-state index in [0.29, 0.717) is 0 Å². The van der Waals surface area contributed by atoms with Crippen LogP contribution in [0.4, 0.5) is 0 Å². The van der Waals surface area contributed by atoms with Crippen LogP contribution in [0.25, 0.3) is 0 Å². The molecule has 0 amide bonds. The summed E-state index contributed by atoms with van der Waals surface area (Å²) in [6.45, 7) is 5.69. The topological polar surface area (TPSA) is 6.48 Å². The average molecular weight is 511 g/mol. The molecule has 0 aliphatic heterocycles. The summed E-state index contributed by atoms with van der Waals surface area (Å²) in [6, 6.07) is 52.5. The van der Waals surface area contributed by atoms with E-state index >= 15 is 0 Å². The van der Waals surface area contributed by atoms with Crippen LogP contribution in [0.3, 0.4) is 0 Å². The van der Waals surface area contributed by atoms with Crippen LogP contribution in [0.5, 0.6) is 0 Å². The van der Waals surface area contributed by atoms with Gasteiger partial charge in [-0.25, -0.2) is 0 Å². The van der Waals surface area contributed by atoms with Crippen molar-refractivity contribution in [3.8, 4) is 0 Å². The molecule has 0 spiro atoms. The molecule has 2 heteroatoms. The minimum Gasteiger partial charge on any atom is -0.295 e. The molecule has 2 nitrogen and oxygen atoms in total. The zero-order valence-electron chi connectivity index (χ0n) is 22.7. The van der Waals surface area contributed by atoms with E-state index in [-0.39, 0.29) is 0 Å². The molecule has 0 heterocycles. The molecule has 0 saturated carbocycles. The Bertz CT molecular complexity index is 1330. The molecule has 5 rings (SSSR count). The molecule has 196 valence electrons. The Morgan fingerprint density at radius 1 is 0.308 bits per heavy atom. The van der Waals surface area contributed by atoms with Gasteiger partial charge in [-0.2, -0.15) is 0 Å². The van der Waals surface area contributed by atoms with Gasteiger partial charge in [-0.3, -0.25) is 9.80 Å². The molecule has 5 aromatic carbocycles. The summed E-state index contributed by atoms with van der Waals surface area (Å²) in [4.78, 5) is 5.12. The molecule has 0 N–H and O–H groups in total. The highest BCUT2D eigenvalue weighted by Crippen LogP contribution is 2.17. The standard InChI is InChI=1S/C37H38N2/c1-5-14-32(15-6-1)24-25-38(27-33-16-7-2-8-17-33)30-36-22-13-23-37(26-36)31-39(28-34-18-9-3-10-19-34)29-35-20-11-4-12-21-35/h1-23,26H,24-25,27-31H2. The summed E-state index contributed by atoms with van der Waals surface area (Å²) in [7, 11) is 0. The smallest absolute Gasteiger partial charge is 0.0240 e. The Morgan fingerprint density at radius 3 is 1.10 bits per heavy atom. The van der Waals surface area contributed by atoms with Crippen LogP contribution < -0.4 is 0 Å². The van der Waals surface area contributed by atoms with Crippen molar-refractivity contribution < 1.29 is 0 Å². The van der Waals surface area contributed by atoms with Gasteiger partial charge in [0.25, 0.3) is 0 Å². The fraction of sp³-hybridized carbons (Fsp3) is 0.189. The second kappa shape index (κ2) is 14.2. The van der Waals surface area contributed by atoms with Gasteiger partial charge in [-0.1, -0.05) is 146 Å². The Morgan fingerprint density at radius 2 is 0.641 bits per heavy atom. The van der Waals surface area contributed by atoms with Gasteiger partial charge < -0.3 is 0 Å². The van der Waals surface area contributed by atoms with E-state index in [4.69, 9.17) is 0 Å². The first-order chi connectivity index (χ1) is 19.3. The van der Waals surface area contributed by atoms with E-state index in [2.05, 4.69) is 155 Å². The van der Waals surface area contributed by atoms with Gasteiger partial charge >= 0.3 is 0 Å². The Balaban J connectivity index is 1.30. The minimum absolute atomic E-state index is 0.917. The van der Waals surface area contributed by atoms with Gasteiger partial charge in [0.05, 0.1) is 0 Å². The van der Waals surface area contributed by atoms with E-state index < -0.39 is 0 Å². The zero-order valence-corrected chi connectivity index (χ0v) is 22.7. The number of benzene rings is 5. The number of hydrogen-bond acceptors (Lipinski definition) is 2. The maximum atomic E-state index is 2.58.